The van der Waals surface area contributed by atoms with Crippen molar-refractivity contribution in [3.63, 3.8) is 0 Å². The van der Waals surface area contributed by atoms with Crippen molar-refractivity contribution in [1.82, 2.24) is 0 Å². The molecule has 1 heterocycles. The Hall–Kier alpha value is -1.43. The first-order chi connectivity index (χ1) is 6.93. The maximum absolute atomic E-state index is 2.24. The van der Waals surface area contributed by atoms with E-state index in [4.69, 9.17) is 0 Å². The van der Waals surface area contributed by atoms with Crippen LogP contribution in [-0.2, 0) is 0 Å². The summed E-state index contributed by atoms with van der Waals surface area (Å²) in [6.07, 6.45) is 0. The van der Waals surface area contributed by atoms with E-state index in [1.807, 2.05) is 0 Å². The van der Waals surface area contributed by atoms with E-state index in [0.29, 0.717) is 0 Å². The molecule has 0 saturated heterocycles. The molecular formula is C12H8B2. The molecule has 2 aromatic carbocycles. The van der Waals surface area contributed by atoms with Gasteiger partial charge in [0.15, 0.2) is 0 Å². The zero-order chi connectivity index (χ0) is 9.38. The van der Waals surface area contributed by atoms with Gasteiger partial charge in [-0.25, -0.2) is 0 Å². The Morgan fingerprint density at radius 1 is 0.643 bits per heavy atom. The van der Waals surface area contributed by atoms with Crippen LogP contribution in [0.4, 0.5) is 0 Å². The van der Waals surface area contributed by atoms with Crippen molar-refractivity contribution in [3.8, 4) is 0 Å². The number of fused-ring (bicyclic) bond motifs is 2. The molecule has 0 aliphatic heterocycles. The molecule has 0 fully saturated rings. The summed E-state index contributed by atoms with van der Waals surface area (Å²) < 4.78 is 0. The second kappa shape index (κ2) is 3.05. The summed E-state index contributed by atoms with van der Waals surface area (Å²) in [4.78, 5) is 0. The molecule has 14 heavy (non-hydrogen) atoms. The molecule has 0 spiro atoms. The van der Waals surface area contributed by atoms with Crippen LogP contribution >= 0.6 is 0 Å². The Morgan fingerprint density at radius 3 is 1.64 bits per heavy atom. The van der Waals surface area contributed by atoms with Gasteiger partial charge in [-0.15, -0.1) is 0 Å². The molecule has 1 aromatic heterocycles. The Bertz CT molecular complexity index is 497. The third-order valence-electron chi connectivity index (χ3n) is 2.61. The third-order valence-corrected chi connectivity index (χ3v) is 2.61. The molecule has 0 radical (unpaired) electrons. The SMILES string of the molecule is b1bcc2cc3ccccc3cc2c1. The zero-order valence-corrected chi connectivity index (χ0v) is 7.77. The van der Waals surface area contributed by atoms with Crippen LogP contribution in [0.3, 0.4) is 0 Å². The van der Waals surface area contributed by atoms with Crippen molar-refractivity contribution in [2.45, 2.75) is 0 Å². The normalized spacial score (nSPS) is 10.3. The Labute approximate surface area is 84.0 Å². The second-order valence-electron chi connectivity index (χ2n) is 3.55. The molecule has 3 rings (SSSR count). The van der Waals surface area contributed by atoms with Crippen molar-refractivity contribution >= 4 is 35.1 Å². The number of benzene rings is 2. The molecule has 0 unspecified atom stereocenters. The van der Waals surface area contributed by atoms with E-state index < -0.39 is 0 Å². The van der Waals surface area contributed by atoms with Crippen molar-refractivity contribution in [1.29, 1.82) is 0 Å². The minimum atomic E-state index is 1.31. The summed E-state index contributed by atoms with van der Waals surface area (Å²) in [5, 5.41) is 5.25. The van der Waals surface area contributed by atoms with E-state index in [9.17, 15) is 0 Å². The van der Waals surface area contributed by atoms with Gasteiger partial charge in [-0.3, -0.25) is 0 Å². The molecule has 0 nitrogen and oxygen atoms in total. The molecule has 0 atom stereocenters. The van der Waals surface area contributed by atoms with Crippen LogP contribution in [0.5, 0.6) is 0 Å². The van der Waals surface area contributed by atoms with Crippen LogP contribution in [0, 0.1) is 0 Å². The Morgan fingerprint density at radius 2 is 1.14 bits per heavy atom. The summed E-state index contributed by atoms with van der Waals surface area (Å²) >= 11 is 0. The topological polar surface area (TPSA) is 0 Å². The minimum absolute atomic E-state index is 1.31. The standard InChI is InChI=1S/C12H8B2/c1-2-4-10-6-12-8-14-13-7-11(12)5-9(10)3-1/h1-8H. The third kappa shape index (κ3) is 1.19. The first-order valence-corrected chi connectivity index (χ1v) is 4.81. The molecular weight excluding hydrogens is 166 g/mol. The van der Waals surface area contributed by atoms with Gasteiger partial charge < -0.3 is 0 Å². The van der Waals surface area contributed by atoms with E-state index in [1.165, 1.54) is 21.5 Å². The molecule has 0 bridgehead atoms. The van der Waals surface area contributed by atoms with Gasteiger partial charge in [-0.05, 0) is 0 Å². The molecule has 62 valence electrons. The van der Waals surface area contributed by atoms with Gasteiger partial charge in [0.05, 0.1) is 0 Å². The van der Waals surface area contributed by atoms with Crippen LogP contribution in [-0.4, -0.2) is 13.6 Å². The fourth-order valence-electron chi connectivity index (χ4n) is 1.88. The van der Waals surface area contributed by atoms with E-state index in [2.05, 4.69) is 61.9 Å². The molecule has 0 aliphatic rings. The summed E-state index contributed by atoms with van der Waals surface area (Å²) in [6, 6.07) is 13.0. The zero-order valence-electron chi connectivity index (χ0n) is 7.77. The van der Waals surface area contributed by atoms with Gasteiger partial charge in [-0.1, -0.05) is 0 Å². The first kappa shape index (κ1) is 7.93. The van der Waals surface area contributed by atoms with E-state index in [1.54, 1.807) is 0 Å². The summed E-state index contributed by atoms with van der Waals surface area (Å²) in [6.45, 7) is 4.16. The van der Waals surface area contributed by atoms with Crippen molar-refractivity contribution in [2.75, 3.05) is 0 Å². The van der Waals surface area contributed by atoms with Crippen molar-refractivity contribution in [2.24, 2.45) is 0 Å². The number of hydrogen-bond acceptors (Lipinski definition) is 0. The van der Waals surface area contributed by atoms with E-state index >= 15 is 0 Å². The Balaban J connectivity index is 2.52. The predicted octanol–water partition coefficient (Wildman–Crippen LogP) is 2.67. The van der Waals surface area contributed by atoms with Gasteiger partial charge >= 0.3 is 83.5 Å². The number of rotatable bonds is 0. The quantitative estimate of drug-likeness (QED) is 0.459. The monoisotopic (exact) mass is 174 g/mol. The molecule has 3 aromatic rings. The van der Waals surface area contributed by atoms with Gasteiger partial charge in [0.25, 0.3) is 0 Å². The van der Waals surface area contributed by atoms with E-state index in [-0.39, 0.29) is 0 Å². The molecule has 0 amide bonds. The van der Waals surface area contributed by atoms with Gasteiger partial charge in [0, 0.05) is 0 Å². The van der Waals surface area contributed by atoms with Crippen LogP contribution in [0.15, 0.2) is 48.3 Å². The average molecular weight is 174 g/mol. The molecule has 0 saturated carbocycles. The fourth-order valence-corrected chi connectivity index (χ4v) is 1.88. The van der Waals surface area contributed by atoms with Crippen molar-refractivity contribution in [3.05, 3.63) is 48.3 Å². The number of hydrogen-bond donors (Lipinski definition) is 0. The van der Waals surface area contributed by atoms with Crippen LogP contribution in [0.25, 0.3) is 21.5 Å². The Kier molecular flexibility index (Phi) is 1.73. The summed E-state index contributed by atoms with van der Waals surface area (Å²) in [5.74, 6) is 4.31. The summed E-state index contributed by atoms with van der Waals surface area (Å²) in [5.41, 5.74) is 0. The summed E-state index contributed by atoms with van der Waals surface area (Å²) in [7, 11) is 0. The maximum atomic E-state index is 2.24. The molecule has 0 N–H and O–H groups in total. The fraction of sp³-hybridized carbons (Fsp3) is 0. The van der Waals surface area contributed by atoms with Gasteiger partial charge in [-0.2, -0.15) is 0 Å². The average Bonchev–Trinajstić information content (AvgIpc) is 2.26. The van der Waals surface area contributed by atoms with Crippen LogP contribution in [0.2, 0.25) is 0 Å². The second-order valence-corrected chi connectivity index (χ2v) is 3.55. The first-order valence-electron chi connectivity index (χ1n) is 4.81. The van der Waals surface area contributed by atoms with E-state index in [0.717, 1.165) is 0 Å². The van der Waals surface area contributed by atoms with Crippen LogP contribution < -0.4 is 0 Å². The van der Waals surface area contributed by atoms with Crippen LogP contribution in [0.1, 0.15) is 0 Å². The van der Waals surface area contributed by atoms with Crippen molar-refractivity contribution < 1.29 is 0 Å². The van der Waals surface area contributed by atoms with Gasteiger partial charge in [0.2, 0.25) is 0 Å². The predicted molar refractivity (Wildman–Crippen MR) is 64.1 cm³/mol. The van der Waals surface area contributed by atoms with Gasteiger partial charge in [0.1, 0.15) is 0 Å². The molecule has 0 aliphatic carbocycles. The molecule has 2 heteroatoms.